The van der Waals surface area contributed by atoms with Crippen LogP contribution >= 0.6 is 0 Å². The van der Waals surface area contributed by atoms with Crippen LogP contribution in [0.25, 0.3) is 0 Å². The first-order valence-electron chi connectivity index (χ1n) is 6.53. The number of sulfonamides is 1. The molecule has 0 fully saturated rings. The summed E-state index contributed by atoms with van der Waals surface area (Å²) >= 11 is 0. The second-order valence-corrected chi connectivity index (χ2v) is 6.61. The maximum absolute atomic E-state index is 12.9. The van der Waals surface area contributed by atoms with E-state index in [1.807, 2.05) is 24.3 Å². The Morgan fingerprint density at radius 2 is 1.81 bits per heavy atom. The Balaban J connectivity index is 1.77. The van der Waals surface area contributed by atoms with Gasteiger partial charge in [-0.25, -0.2) is 17.5 Å². The van der Waals surface area contributed by atoms with E-state index in [1.165, 1.54) is 12.1 Å². The van der Waals surface area contributed by atoms with Crippen molar-refractivity contribution in [1.82, 2.24) is 4.72 Å². The summed E-state index contributed by atoms with van der Waals surface area (Å²) in [7, 11) is -3.68. The smallest absolute Gasteiger partial charge is 0.240 e. The van der Waals surface area contributed by atoms with Gasteiger partial charge in [-0.15, -0.1) is 0 Å². The van der Waals surface area contributed by atoms with Gasteiger partial charge in [0.2, 0.25) is 10.0 Å². The van der Waals surface area contributed by atoms with Gasteiger partial charge in [0.15, 0.2) is 0 Å². The molecule has 6 heteroatoms. The van der Waals surface area contributed by atoms with Crippen LogP contribution < -0.4 is 9.46 Å². The van der Waals surface area contributed by atoms with Crippen LogP contribution in [0.3, 0.4) is 0 Å². The highest BCUT2D eigenvalue weighted by atomic mass is 32.2. The molecule has 1 aliphatic rings. The molecule has 2 aromatic carbocycles. The molecule has 1 aliphatic heterocycles. The number of benzene rings is 2. The van der Waals surface area contributed by atoms with E-state index in [0.717, 1.165) is 23.4 Å². The molecule has 21 heavy (non-hydrogen) atoms. The van der Waals surface area contributed by atoms with Crippen LogP contribution in [0.2, 0.25) is 0 Å². The first-order valence-corrected chi connectivity index (χ1v) is 8.01. The quantitative estimate of drug-likeness (QED) is 0.945. The van der Waals surface area contributed by atoms with E-state index in [4.69, 9.17) is 4.74 Å². The van der Waals surface area contributed by atoms with Crippen molar-refractivity contribution in [3.63, 3.8) is 0 Å². The number of rotatable bonds is 3. The van der Waals surface area contributed by atoms with Crippen molar-refractivity contribution in [3.05, 3.63) is 59.9 Å². The Kier molecular flexibility index (Phi) is 3.65. The Labute approximate surface area is 122 Å². The lowest BCUT2D eigenvalue weighted by atomic mass is 10.0. The van der Waals surface area contributed by atoms with Gasteiger partial charge in [-0.3, -0.25) is 0 Å². The van der Waals surface area contributed by atoms with Crippen LogP contribution in [0.5, 0.6) is 5.75 Å². The van der Waals surface area contributed by atoms with Gasteiger partial charge < -0.3 is 4.74 Å². The summed E-state index contributed by atoms with van der Waals surface area (Å²) in [5, 5.41) is 0. The lowest BCUT2D eigenvalue weighted by molar-refractivity contribution is 0.254. The van der Waals surface area contributed by atoms with Crippen molar-refractivity contribution in [3.8, 4) is 5.75 Å². The molecule has 0 saturated heterocycles. The summed E-state index contributed by atoms with van der Waals surface area (Å²) < 4.78 is 45.5. The molecular weight excluding hydrogens is 293 g/mol. The molecule has 1 N–H and O–H groups in total. The van der Waals surface area contributed by atoms with E-state index in [-0.39, 0.29) is 17.5 Å². The number of hydrogen-bond donors (Lipinski definition) is 1. The van der Waals surface area contributed by atoms with Crippen LogP contribution in [0.1, 0.15) is 5.56 Å². The number of halogens is 1. The van der Waals surface area contributed by atoms with E-state index >= 15 is 0 Å². The second kappa shape index (κ2) is 5.46. The second-order valence-electron chi connectivity index (χ2n) is 4.89. The monoisotopic (exact) mass is 307 g/mol. The number of para-hydroxylation sites is 1. The molecule has 1 unspecified atom stereocenters. The van der Waals surface area contributed by atoms with Crippen molar-refractivity contribution in [2.24, 2.45) is 0 Å². The summed E-state index contributed by atoms with van der Waals surface area (Å²) in [4.78, 5) is 0.0442. The summed E-state index contributed by atoms with van der Waals surface area (Å²) in [6.45, 7) is 0.275. The SMILES string of the molecule is O=S(=O)(NC1COc2ccccc2C1)c1ccc(F)cc1. The predicted molar refractivity (Wildman–Crippen MR) is 76.2 cm³/mol. The third-order valence-corrected chi connectivity index (χ3v) is 4.86. The van der Waals surface area contributed by atoms with Crippen LogP contribution in [0.15, 0.2) is 53.4 Å². The number of nitrogens with one attached hydrogen (secondary N) is 1. The third kappa shape index (κ3) is 3.06. The highest BCUT2D eigenvalue weighted by Crippen LogP contribution is 2.24. The van der Waals surface area contributed by atoms with Crippen molar-refractivity contribution >= 4 is 10.0 Å². The predicted octanol–water partition coefficient (Wildman–Crippen LogP) is 2.11. The van der Waals surface area contributed by atoms with Gasteiger partial charge in [0.05, 0.1) is 10.9 Å². The Morgan fingerprint density at radius 3 is 2.57 bits per heavy atom. The van der Waals surface area contributed by atoms with Crippen LogP contribution in [0.4, 0.5) is 4.39 Å². The van der Waals surface area contributed by atoms with E-state index in [2.05, 4.69) is 4.72 Å². The Hall–Kier alpha value is -1.92. The third-order valence-electron chi connectivity index (χ3n) is 3.32. The molecule has 0 saturated carbocycles. The fourth-order valence-corrected chi connectivity index (χ4v) is 3.53. The largest absolute Gasteiger partial charge is 0.492 e. The van der Waals surface area contributed by atoms with Crippen molar-refractivity contribution in [2.45, 2.75) is 17.4 Å². The maximum Gasteiger partial charge on any atom is 0.240 e. The lowest BCUT2D eigenvalue weighted by Gasteiger charge is -2.25. The molecule has 1 heterocycles. The van der Waals surface area contributed by atoms with Gasteiger partial charge in [0.1, 0.15) is 18.2 Å². The van der Waals surface area contributed by atoms with Gasteiger partial charge in [0, 0.05) is 0 Å². The highest BCUT2D eigenvalue weighted by Gasteiger charge is 2.25. The molecule has 0 bridgehead atoms. The van der Waals surface area contributed by atoms with E-state index in [9.17, 15) is 12.8 Å². The maximum atomic E-state index is 12.9. The van der Waals surface area contributed by atoms with E-state index in [1.54, 1.807) is 0 Å². The minimum Gasteiger partial charge on any atom is -0.492 e. The van der Waals surface area contributed by atoms with Crippen molar-refractivity contribution in [1.29, 1.82) is 0 Å². The molecule has 0 amide bonds. The molecule has 0 aliphatic carbocycles. The molecule has 0 spiro atoms. The molecule has 1 atom stereocenters. The molecule has 3 rings (SSSR count). The van der Waals surface area contributed by atoms with E-state index in [0.29, 0.717) is 6.42 Å². The van der Waals surface area contributed by atoms with Gasteiger partial charge >= 0.3 is 0 Å². The summed E-state index contributed by atoms with van der Waals surface area (Å²) in [6, 6.07) is 11.9. The zero-order valence-corrected chi connectivity index (χ0v) is 11.9. The lowest BCUT2D eigenvalue weighted by Crippen LogP contribution is -2.42. The number of hydrogen-bond acceptors (Lipinski definition) is 3. The van der Waals surface area contributed by atoms with Gasteiger partial charge in [-0.2, -0.15) is 0 Å². The molecule has 4 nitrogen and oxygen atoms in total. The van der Waals surface area contributed by atoms with Crippen molar-refractivity contribution < 1.29 is 17.5 Å². The first-order chi connectivity index (χ1) is 10.0. The zero-order chi connectivity index (χ0) is 14.9. The fraction of sp³-hybridized carbons (Fsp3) is 0.200. The molecular formula is C15H14FNO3S. The van der Waals surface area contributed by atoms with Gasteiger partial charge in [-0.05, 0) is 42.3 Å². The average Bonchev–Trinajstić information content (AvgIpc) is 2.47. The van der Waals surface area contributed by atoms with Crippen LogP contribution in [-0.4, -0.2) is 21.1 Å². The average molecular weight is 307 g/mol. The molecule has 0 radical (unpaired) electrons. The fourth-order valence-electron chi connectivity index (χ4n) is 2.30. The highest BCUT2D eigenvalue weighted by molar-refractivity contribution is 7.89. The molecule has 2 aromatic rings. The Bertz CT molecular complexity index is 744. The minimum absolute atomic E-state index is 0.0442. The van der Waals surface area contributed by atoms with Crippen LogP contribution in [0, 0.1) is 5.82 Å². The van der Waals surface area contributed by atoms with Crippen LogP contribution in [-0.2, 0) is 16.4 Å². The normalized spacial score (nSPS) is 17.9. The van der Waals surface area contributed by atoms with Gasteiger partial charge in [-0.1, -0.05) is 18.2 Å². The first kappa shape index (κ1) is 14.0. The van der Waals surface area contributed by atoms with Gasteiger partial charge in [0.25, 0.3) is 0 Å². The summed E-state index contributed by atoms with van der Waals surface area (Å²) in [5.41, 5.74) is 0.968. The topological polar surface area (TPSA) is 55.4 Å². The van der Waals surface area contributed by atoms with Crippen molar-refractivity contribution in [2.75, 3.05) is 6.61 Å². The zero-order valence-electron chi connectivity index (χ0n) is 11.1. The Morgan fingerprint density at radius 1 is 1.10 bits per heavy atom. The number of ether oxygens (including phenoxy) is 1. The molecule has 110 valence electrons. The minimum atomic E-state index is -3.68. The standard InChI is InChI=1S/C15H14FNO3S/c16-12-5-7-14(8-6-12)21(18,19)17-13-9-11-3-1-2-4-15(11)20-10-13/h1-8,13,17H,9-10H2. The number of fused-ring (bicyclic) bond motifs is 1. The summed E-state index contributed by atoms with van der Waals surface area (Å²) in [6.07, 6.45) is 0.566. The molecule has 0 aromatic heterocycles. The summed E-state index contributed by atoms with van der Waals surface area (Å²) in [5.74, 6) is 0.318. The van der Waals surface area contributed by atoms with E-state index < -0.39 is 15.8 Å².